The van der Waals surface area contributed by atoms with E-state index in [0.29, 0.717) is 6.54 Å². The van der Waals surface area contributed by atoms with Gasteiger partial charge in [0.2, 0.25) is 0 Å². The smallest absolute Gasteiger partial charge is 0.123 e. The van der Waals surface area contributed by atoms with Crippen molar-refractivity contribution in [3.8, 4) is 0 Å². The van der Waals surface area contributed by atoms with Crippen LogP contribution < -0.4 is 5.32 Å². The number of hydrogen-bond donors (Lipinski definition) is 1. The van der Waals surface area contributed by atoms with E-state index < -0.39 is 5.67 Å². The normalized spacial score (nSPS) is 27.0. The monoisotopic (exact) mass is 213 g/mol. The second-order valence-electron chi connectivity index (χ2n) is 5.49. The quantitative estimate of drug-likeness (QED) is 0.754. The highest BCUT2D eigenvalue weighted by Crippen LogP contribution is 2.31. The lowest BCUT2D eigenvalue weighted by atomic mass is 9.86. The largest absolute Gasteiger partial charge is 0.313 e. The molecule has 1 N–H and O–H groups in total. The molecular weight excluding hydrogens is 189 g/mol. The van der Waals surface area contributed by atoms with Gasteiger partial charge in [-0.1, -0.05) is 32.1 Å². The molecule has 2 saturated carbocycles. The Labute approximate surface area is 92.8 Å². The summed E-state index contributed by atoms with van der Waals surface area (Å²) in [6.07, 6.45) is 10.4. The molecule has 0 saturated heterocycles. The zero-order valence-electron chi connectivity index (χ0n) is 9.73. The molecule has 0 radical (unpaired) electrons. The minimum absolute atomic E-state index is 0.601. The average Bonchev–Trinajstić information content (AvgIpc) is 2.71. The van der Waals surface area contributed by atoms with Crippen molar-refractivity contribution in [3.63, 3.8) is 0 Å². The third-order valence-corrected chi connectivity index (χ3v) is 4.10. The van der Waals surface area contributed by atoms with Crippen LogP contribution in [-0.4, -0.2) is 18.8 Å². The summed E-state index contributed by atoms with van der Waals surface area (Å²) in [4.78, 5) is 0. The highest BCUT2D eigenvalue weighted by Gasteiger charge is 2.31. The van der Waals surface area contributed by atoms with Crippen molar-refractivity contribution in [3.05, 3.63) is 0 Å². The molecule has 0 unspecified atom stereocenters. The highest BCUT2D eigenvalue weighted by atomic mass is 19.1. The van der Waals surface area contributed by atoms with Crippen molar-refractivity contribution in [1.29, 1.82) is 0 Å². The van der Waals surface area contributed by atoms with Crippen molar-refractivity contribution < 1.29 is 4.39 Å². The van der Waals surface area contributed by atoms with Gasteiger partial charge in [0.25, 0.3) is 0 Å². The van der Waals surface area contributed by atoms with Gasteiger partial charge in [-0.3, -0.25) is 0 Å². The molecule has 0 amide bonds. The summed E-state index contributed by atoms with van der Waals surface area (Å²) >= 11 is 0. The molecule has 15 heavy (non-hydrogen) atoms. The van der Waals surface area contributed by atoms with E-state index in [4.69, 9.17) is 0 Å². The molecular formula is C13H24FN. The Morgan fingerprint density at radius 3 is 2.33 bits per heavy atom. The van der Waals surface area contributed by atoms with Crippen LogP contribution in [0.4, 0.5) is 4.39 Å². The van der Waals surface area contributed by atoms with E-state index in [9.17, 15) is 4.39 Å². The predicted molar refractivity (Wildman–Crippen MR) is 61.8 cm³/mol. The van der Waals surface area contributed by atoms with Crippen LogP contribution in [0.1, 0.15) is 57.8 Å². The van der Waals surface area contributed by atoms with Crippen LogP contribution >= 0.6 is 0 Å². The number of nitrogens with one attached hydrogen (secondary N) is 1. The first kappa shape index (κ1) is 11.4. The third-order valence-electron chi connectivity index (χ3n) is 4.10. The summed E-state index contributed by atoms with van der Waals surface area (Å²) < 4.78 is 14.2. The zero-order valence-corrected chi connectivity index (χ0v) is 9.73. The Morgan fingerprint density at radius 1 is 1.00 bits per heavy atom. The Balaban J connectivity index is 1.63. The average molecular weight is 213 g/mol. The number of rotatable bonds is 4. The maximum atomic E-state index is 14.2. The Bertz CT molecular complexity index is 181. The van der Waals surface area contributed by atoms with Crippen molar-refractivity contribution >= 4 is 0 Å². The first-order chi connectivity index (χ1) is 7.29. The summed E-state index contributed by atoms with van der Waals surface area (Å²) in [5.41, 5.74) is -0.878. The highest BCUT2D eigenvalue weighted by molar-refractivity contribution is 4.85. The predicted octanol–water partition coefficient (Wildman–Crippen LogP) is 3.44. The fourth-order valence-electron chi connectivity index (χ4n) is 3.08. The fraction of sp³-hybridized carbons (Fsp3) is 1.00. The summed E-state index contributed by atoms with van der Waals surface area (Å²) in [7, 11) is 0. The van der Waals surface area contributed by atoms with Crippen molar-refractivity contribution in [1.82, 2.24) is 5.32 Å². The lowest BCUT2D eigenvalue weighted by molar-refractivity contribution is 0.104. The molecule has 0 aromatic rings. The zero-order chi connectivity index (χ0) is 10.6. The van der Waals surface area contributed by atoms with E-state index in [-0.39, 0.29) is 0 Å². The van der Waals surface area contributed by atoms with Crippen molar-refractivity contribution in [2.75, 3.05) is 13.1 Å². The van der Waals surface area contributed by atoms with Crippen LogP contribution in [0.3, 0.4) is 0 Å². The number of halogens is 1. The van der Waals surface area contributed by atoms with E-state index in [1.54, 1.807) is 0 Å². The first-order valence-electron chi connectivity index (χ1n) is 6.68. The molecule has 88 valence electrons. The molecule has 2 heteroatoms. The van der Waals surface area contributed by atoms with E-state index in [0.717, 1.165) is 38.1 Å². The molecule has 2 rings (SSSR count). The summed E-state index contributed by atoms with van der Waals surface area (Å²) in [6.45, 7) is 1.65. The minimum Gasteiger partial charge on any atom is -0.313 e. The van der Waals surface area contributed by atoms with Gasteiger partial charge < -0.3 is 5.32 Å². The first-order valence-corrected chi connectivity index (χ1v) is 6.68. The molecule has 2 aliphatic carbocycles. The van der Waals surface area contributed by atoms with Crippen molar-refractivity contribution in [2.24, 2.45) is 5.92 Å². The van der Waals surface area contributed by atoms with Crippen LogP contribution in [0.2, 0.25) is 0 Å². The summed E-state index contributed by atoms with van der Waals surface area (Å²) in [5, 5.41) is 3.36. The second kappa shape index (κ2) is 5.29. The van der Waals surface area contributed by atoms with E-state index in [1.165, 1.54) is 32.1 Å². The lowest BCUT2D eigenvalue weighted by Gasteiger charge is -2.30. The third kappa shape index (κ3) is 3.44. The number of hydrogen-bond acceptors (Lipinski definition) is 1. The molecule has 0 aliphatic heterocycles. The number of alkyl halides is 1. The van der Waals surface area contributed by atoms with Gasteiger partial charge in [-0.05, 0) is 38.1 Å². The van der Waals surface area contributed by atoms with Crippen LogP contribution in [0.15, 0.2) is 0 Å². The maximum absolute atomic E-state index is 14.2. The van der Waals surface area contributed by atoms with Gasteiger partial charge in [0.05, 0.1) is 0 Å². The Morgan fingerprint density at radius 2 is 1.67 bits per heavy atom. The van der Waals surface area contributed by atoms with Gasteiger partial charge >= 0.3 is 0 Å². The van der Waals surface area contributed by atoms with Crippen LogP contribution in [0.25, 0.3) is 0 Å². The van der Waals surface area contributed by atoms with Gasteiger partial charge in [-0.15, -0.1) is 0 Å². The molecule has 0 atom stereocenters. The lowest BCUT2D eigenvalue weighted by Crippen LogP contribution is -2.39. The summed E-state index contributed by atoms with van der Waals surface area (Å²) in [6, 6.07) is 0. The van der Waals surface area contributed by atoms with Gasteiger partial charge in [-0.2, -0.15) is 0 Å². The SMILES string of the molecule is FC1(CNCC2CCCC2)CCCCC1. The van der Waals surface area contributed by atoms with E-state index in [2.05, 4.69) is 5.32 Å². The van der Waals surface area contributed by atoms with Crippen LogP contribution in [0.5, 0.6) is 0 Å². The maximum Gasteiger partial charge on any atom is 0.123 e. The van der Waals surface area contributed by atoms with Crippen LogP contribution in [-0.2, 0) is 0 Å². The van der Waals surface area contributed by atoms with Gasteiger partial charge in [0.15, 0.2) is 0 Å². The van der Waals surface area contributed by atoms with E-state index in [1.807, 2.05) is 0 Å². The molecule has 0 spiro atoms. The molecule has 2 fully saturated rings. The van der Waals surface area contributed by atoms with Crippen LogP contribution in [0, 0.1) is 5.92 Å². The molecule has 2 aliphatic rings. The van der Waals surface area contributed by atoms with Gasteiger partial charge in [0.1, 0.15) is 5.67 Å². The Hall–Kier alpha value is -0.110. The molecule has 0 bridgehead atoms. The van der Waals surface area contributed by atoms with Gasteiger partial charge in [-0.25, -0.2) is 4.39 Å². The Kier molecular flexibility index (Phi) is 4.01. The van der Waals surface area contributed by atoms with E-state index >= 15 is 0 Å². The van der Waals surface area contributed by atoms with Gasteiger partial charge in [0, 0.05) is 6.54 Å². The summed E-state index contributed by atoms with van der Waals surface area (Å²) in [5.74, 6) is 0.831. The second-order valence-corrected chi connectivity index (χ2v) is 5.49. The molecule has 1 nitrogen and oxygen atoms in total. The fourth-order valence-corrected chi connectivity index (χ4v) is 3.08. The topological polar surface area (TPSA) is 12.0 Å². The minimum atomic E-state index is -0.878. The molecule has 0 heterocycles. The van der Waals surface area contributed by atoms with Crippen molar-refractivity contribution in [2.45, 2.75) is 63.5 Å². The standard InChI is InChI=1S/C13H24FN/c14-13(8-4-1-5-9-13)11-15-10-12-6-2-3-7-12/h12,15H,1-11H2. The molecule has 0 aromatic carbocycles. The molecule has 0 aromatic heterocycles.